The standard InChI is InChI=1S/C17H33N3/c1-7-19-17(6,13-18)12-14(2)20-10-8-15(9-11-20)16(3,4)5/h14-15,19H,7-12H2,1-6H3. The van der Waals surface area contributed by atoms with Gasteiger partial charge in [-0.15, -0.1) is 0 Å². The lowest BCUT2D eigenvalue weighted by Crippen LogP contribution is -2.49. The summed E-state index contributed by atoms with van der Waals surface area (Å²) in [6.07, 6.45) is 3.48. The first-order valence-corrected chi connectivity index (χ1v) is 8.12. The van der Waals surface area contributed by atoms with Crippen LogP contribution in [0.4, 0.5) is 0 Å². The van der Waals surface area contributed by atoms with E-state index in [4.69, 9.17) is 0 Å². The van der Waals surface area contributed by atoms with Crippen molar-refractivity contribution in [1.82, 2.24) is 10.2 Å². The lowest BCUT2D eigenvalue weighted by Gasteiger charge is -2.42. The Balaban J connectivity index is 2.51. The zero-order chi connectivity index (χ0) is 15.4. The van der Waals surface area contributed by atoms with Gasteiger partial charge in [0.25, 0.3) is 0 Å². The fraction of sp³-hybridized carbons (Fsp3) is 0.941. The number of piperidine rings is 1. The van der Waals surface area contributed by atoms with E-state index < -0.39 is 5.54 Å². The van der Waals surface area contributed by atoms with Crippen LogP contribution in [0.3, 0.4) is 0 Å². The monoisotopic (exact) mass is 279 g/mol. The van der Waals surface area contributed by atoms with Gasteiger partial charge in [-0.1, -0.05) is 27.7 Å². The zero-order valence-corrected chi connectivity index (χ0v) is 14.3. The SMILES string of the molecule is CCNC(C)(C#N)CC(C)N1CCC(C(C)(C)C)CC1. The van der Waals surface area contributed by atoms with E-state index >= 15 is 0 Å². The van der Waals surface area contributed by atoms with Gasteiger partial charge in [0, 0.05) is 6.04 Å². The van der Waals surface area contributed by atoms with Crippen LogP contribution in [0.15, 0.2) is 0 Å². The van der Waals surface area contributed by atoms with Crippen LogP contribution in [0.25, 0.3) is 0 Å². The van der Waals surface area contributed by atoms with Gasteiger partial charge in [0.2, 0.25) is 0 Å². The van der Waals surface area contributed by atoms with Gasteiger partial charge in [-0.2, -0.15) is 5.26 Å². The third-order valence-electron chi connectivity index (χ3n) is 4.90. The zero-order valence-electron chi connectivity index (χ0n) is 14.3. The Hall–Kier alpha value is -0.590. The molecule has 1 N–H and O–H groups in total. The van der Waals surface area contributed by atoms with Gasteiger partial charge in [0.15, 0.2) is 0 Å². The molecule has 0 saturated carbocycles. The molecule has 0 spiro atoms. The average Bonchev–Trinajstić information content (AvgIpc) is 2.38. The summed E-state index contributed by atoms with van der Waals surface area (Å²) in [6, 6.07) is 2.92. The maximum atomic E-state index is 9.38. The predicted octanol–water partition coefficient (Wildman–Crippen LogP) is 3.41. The predicted molar refractivity (Wildman–Crippen MR) is 85.5 cm³/mol. The normalized spacial score (nSPS) is 23.1. The molecule has 1 aliphatic heterocycles. The summed E-state index contributed by atoms with van der Waals surface area (Å²) in [6.45, 7) is 16.6. The first-order chi connectivity index (χ1) is 9.22. The van der Waals surface area contributed by atoms with E-state index in [0.717, 1.165) is 18.9 Å². The van der Waals surface area contributed by atoms with Crippen LogP contribution >= 0.6 is 0 Å². The Morgan fingerprint density at radius 2 is 1.80 bits per heavy atom. The lowest BCUT2D eigenvalue weighted by molar-refractivity contribution is 0.0785. The van der Waals surface area contributed by atoms with E-state index in [0.29, 0.717) is 11.5 Å². The fourth-order valence-corrected chi connectivity index (χ4v) is 3.47. The summed E-state index contributed by atoms with van der Waals surface area (Å²) >= 11 is 0. The minimum atomic E-state index is -0.394. The molecule has 1 saturated heterocycles. The molecule has 0 aromatic carbocycles. The van der Waals surface area contributed by atoms with E-state index in [2.05, 4.69) is 50.9 Å². The van der Waals surface area contributed by atoms with Gasteiger partial charge in [-0.05, 0) is 64.1 Å². The Labute approximate surface area is 125 Å². The molecule has 0 amide bonds. The number of hydrogen-bond acceptors (Lipinski definition) is 3. The fourth-order valence-electron chi connectivity index (χ4n) is 3.47. The quantitative estimate of drug-likeness (QED) is 0.838. The van der Waals surface area contributed by atoms with Crippen molar-refractivity contribution in [2.24, 2.45) is 11.3 Å². The van der Waals surface area contributed by atoms with Crippen LogP contribution < -0.4 is 5.32 Å². The minimum absolute atomic E-state index is 0.394. The highest BCUT2D eigenvalue weighted by molar-refractivity contribution is 5.05. The van der Waals surface area contributed by atoms with Gasteiger partial charge in [0.05, 0.1) is 6.07 Å². The first-order valence-electron chi connectivity index (χ1n) is 8.12. The van der Waals surface area contributed by atoms with Gasteiger partial charge in [-0.25, -0.2) is 0 Å². The number of hydrogen-bond donors (Lipinski definition) is 1. The van der Waals surface area contributed by atoms with Gasteiger partial charge in [-0.3, -0.25) is 5.32 Å². The number of nitrogens with zero attached hydrogens (tertiary/aromatic N) is 2. The molecule has 3 heteroatoms. The van der Waals surface area contributed by atoms with Crippen molar-refractivity contribution in [3.05, 3.63) is 0 Å². The number of likely N-dealkylation sites (tertiary alicyclic amines) is 1. The van der Waals surface area contributed by atoms with Crippen LogP contribution in [-0.2, 0) is 0 Å². The van der Waals surface area contributed by atoms with E-state index in [9.17, 15) is 5.26 Å². The van der Waals surface area contributed by atoms with Crippen LogP contribution in [0.1, 0.15) is 60.8 Å². The largest absolute Gasteiger partial charge is 0.301 e. The molecule has 2 atom stereocenters. The Bertz CT molecular complexity index is 331. The second kappa shape index (κ2) is 6.91. The smallest absolute Gasteiger partial charge is 0.105 e. The van der Waals surface area contributed by atoms with Crippen molar-refractivity contribution in [3.8, 4) is 6.07 Å². The summed E-state index contributed by atoms with van der Waals surface area (Å²) < 4.78 is 0. The third-order valence-corrected chi connectivity index (χ3v) is 4.90. The number of rotatable bonds is 5. The highest BCUT2D eigenvalue weighted by atomic mass is 15.2. The molecule has 1 aliphatic rings. The Kier molecular flexibility index (Phi) is 6.04. The van der Waals surface area contributed by atoms with Crippen LogP contribution in [0.2, 0.25) is 0 Å². The Morgan fingerprint density at radius 3 is 2.20 bits per heavy atom. The molecule has 20 heavy (non-hydrogen) atoms. The van der Waals surface area contributed by atoms with Gasteiger partial charge < -0.3 is 4.90 Å². The van der Waals surface area contributed by atoms with Crippen molar-refractivity contribution < 1.29 is 0 Å². The summed E-state index contributed by atoms with van der Waals surface area (Å²) in [5, 5.41) is 12.7. The minimum Gasteiger partial charge on any atom is -0.301 e. The summed E-state index contributed by atoms with van der Waals surface area (Å²) in [5.41, 5.74) is 0.0370. The van der Waals surface area contributed by atoms with Crippen molar-refractivity contribution in [3.63, 3.8) is 0 Å². The van der Waals surface area contributed by atoms with Crippen LogP contribution in [-0.4, -0.2) is 36.1 Å². The molecular weight excluding hydrogens is 246 g/mol. The molecule has 1 rings (SSSR count). The molecule has 3 nitrogen and oxygen atoms in total. The van der Waals surface area contributed by atoms with E-state index in [-0.39, 0.29) is 0 Å². The lowest BCUT2D eigenvalue weighted by atomic mass is 9.75. The maximum Gasteiger partial charge on any atom is 0.105 e. The maximum absolute atomic E-state index is 9.38. The van der Waals surface area contributed by atoms with Crippen molar-refractivity contribution in [2.45, 2.75) is 72.4 Å². The van der Waals surface area contributed by atoms with Crippen molar-refractivity contribution >= 4 is 0 Å². The molecular formula is C17H33N3. The second-order valence-electron chi connectivity index (χ2n) is 7.70. The molecule has 0 aromatic rings. The van der Waals surface area contributed by atoms with E-state index in [1.807, 2.05) is 6.92 Å². The van der Waals surface area contributed by atoms with E-state index in [1.165, 1.54) is 25.9 Å². The molecule has 0 bridgehead atoms. The van der Waals surface area contributed by atoms with Crippen LogP contribution in [0.5, 0.6) is 0 Å². The summed E-state index contributed by atoms with van der Waals surface area (Å²) in [7, 11) is 0. The topological polar surface area (TPSA) is 39.1 Å². The number of nitrogens with one attached hydrogen (secondary N) is 1. The molecule has 0 aliphatic carbocycles. The van der Waals surface area contributed by atoms with E-state index in [1.54, 1.807) is 0 Å². The summed E-state index contributed by atoms with van der Waals surface area (Å²) in [4.78, 5) is 2.56. The molecule has 2 unspecified atom stereocenters. The average molecular weight is 279 g/mol. The molecule has 0 aromatic heterocycles. The highest BCUT2D eigenvalue weighted by Gasteiger charge is 2.33. The molecule has 1 fully saturated rings. The molecule has 1 heterocycles. The third kappa shape index (κ3) is 4.75. The number of nitriles is 1. The second-order valence-corrected chi connectivity index (χ2v) is 7.70. The Morgan fingerprint density at radius 1 is 1.25 bits per heavy atom. The van der Waals surface area contributed by atoms with Gasteiger partial charge in [0.1, 0.15) is 5.54 Å². The first kappa shape index (κ1) is 17.5. The highest BCUT2D eigenvalue weighted by Crippen LogP contribution is 2.35. The van der Waals surface area contributed by atoms with Crippen LogP contribution in [0, 0.1) is 22.7 Å². The van der Waals surface area contributed by atoms with Gasteiger partial charge >= 0.3 is 0 Å². The summed E-state index contributed by atoms with van der Waals surface area (Å²) in [5.74, 6) is 0.835. The van der Waals surface area contributed by atoms with Crippen molar-refractivity contribution in [1.29, 1.82) is 5.26 Å². The van der Waals surface area contributed by atoms with Crippen molar-refractivity contribution in [2.75, 3.05) is 19.6 Å². The molecule has 116 valence electrons. The molecule has 0 radical (unpaired) electrons.